The van der Waals surface area contributed by atoms with Gasteiger partial charge >= 0.3 is 5.97 Å². The van der Waals surface area contributed by atoms with E-state index in [1.165, 1.54) is 11.3 Å². The standard InChI is InChI=1S/C27H24ClN3O3S/c1-14(2)34-26(33)23-16(4)30-27-31(24(23)18-10-5-7-11-20(18)28)25(32)22(35-27)13-19-15(3)29-21-12-8-6-9-17(19)21/h5-14,24,29H,1-4H3. The number of nitrogens with zero attached hydrogens (tertiary/aromatic N) is 2. The summed E-state index contributed by atoms with van der Waals surface area (Å²) in [5.74, 6) is -0.507. The molecule has 3 heterocycles. The van der Waals surface area contributed by atoms with Crippen LogP contribution in [0.25, 0.3) is 17.0 Å². The van der Waals surface area contributed by atoms with Crippen molar-refractivity contribution in [2.75, 3.05) is 0 Å². The number of hydrogen-bond donors (Lipinski definition) is 1. The SMILES string of the molecule is CC1=C(C(=O)OC(C)C)C(c2ccccc2Cl)n2c(sc(=Cc3c(C)[nH]c4ccccc34)c2=O)=N1. The van der Waals surface area contributed by atoms with Crippen LogP contribution in [0.5, 0.6) is 0 Å². The Labute approximate surface area is 210 Å². The molecule has 0 amide bonds. The zero-order valence-corrected chi connectivity index (χ0v) is 21.3. The third-order valence-electron chi connectivity index (χ3n) is 6.00. The van der Waals surface area contributed by atoms with Crippen LogP contribution < -0.4 is 14.9 Å². The smallest absolute Gasteiger partial charge is 0.338 e. The van der Waals surface area contributed by atoms with Crippen LogP contribution in [0.15, 0.2) is 69.6 Å². The first-order valence-electron chi connectivity index (χ1n) is 11.3. The molecule has 178 valence electrons. The average molecular weight is 506 g/mol. The molecule has 5 rings (SSSR count). The number of benzene rings is 2. The Kier molecular flexibility index (Phi) is 5.99. The van der Waals surface area contributed by atoms with E-state index in [4.69, 9.17) is 16.3 Å². The van der Waals surface area contributed by atoms with Crippen molar-refractivity contribution in [3.05, 3.63) is 101 Å². The van der Waals surface area contributed by atoms with Gasteiger partial charge in [-0.1, -0.05) is 59.3 Å². The monoisotopic (exact) mass is 505 g/mol. The summed E-state index contributed by atoms with van der Waals surface area (Å²) in [5.41, 5.74) is 4.17. The van der Waals surface area contributed by atoms with Crippen molar-refractivity contribution < 1.29 is 9.53 Å². The lowest BCUT2D eigenvalue weighted by Crippen LogP contribution is -2.40. The maximum Gasteiger partial charge on any atom is 0.338 e. The molecule has 8 heteroatoms. The second-order valence-corrected chi connectivity index (χ2v) is 10.2. The second kappa shape index (κ2) is 8.98. The summed E-state index contributed by atoms with van der Waals surface area (Å²) in [7, 11) is 0. The number of allylic oxidation sites excluding steroid dienone is 1. The molecule has 0 saturated carbocycles. The van der Waals surface area contributed by atoms with Crippen molar-refractivity contribution in [3.8, 4) is 0 Å². The molecular formula is C27H24ClN3O3S. The van der Waals surface area contributed by atoms with Crippen molar-refractivity contribution in [3.63, 3.8) is 0 Å². The number of halogens is 1. The molecule has 0 fully saturated rings. The summed E-state index contributed by atoms with van der Waals surface area (Å²) >= 11 is 7.88. The molecule has 1 aliphatic heterocycles. The first-order chi connectivity index (χ1) is 16.8. The highest BCUT2D eigenvalue weighted by atomic mass is 35.5. The number of aromatic nitrogens is 2. The molecule has 0 bridgehead atoms. The number of rotatable bonds is 4. The highest BCUT2D eigenvalue weighted by Crippen LogP contribution is 2.34. The predicted molar refractivity (Wildman–Crippen MR) is 139 cm³/mol. The van der Waals surface area contributed by atoms with Crippen LogP contribution in [0.4, 0.5) is 0 Å². The van der Waals surface area contributed by atoms with E-state index in [0.29, 0.717) is 31.2 Å². The lowest BCUT2D eigenvalue weighted by Gasteiger charge is -2.26. The highest BCUT2D eigenvalue weighted by molar-refractivity contribution is 7.07. The van der Waals surface area contributed by atoms with Crippen LogP contribution in [0.1, 0.15) is 43.6 Å². The van der Waals surface area contributed by atoms with Crippen LogP contribution in [0.2, 0.25) is 5.02 Å². The molecule has 4 aromatic rings. The predicted octanol–water partition coefficient (Wildman–Crippen LogP) is 4.63. The van der Waals surface area contributed by atoms with Gasteiger partial charge in [-0.3, -0.25) is 9.36 Å². The van der Waals surface area contributed by atoms with Crippen molar-refractivity contribution in [2.24, 2.45) is 4.99 Å². The number of fused-ring (bicyclic) bond motifs is 2. The third-order valence-corrected chi connectivity index (χ3v) is 7.33. The van der Waals surface area contributed by atoms with E-state index >= 15 is 0 Å². The summed E-state index contributed by atoms with van der Waals surface area (Å²) < 4.78 is 7.63. The molecule has 0 radical (unpaired) electrons. The minimum absolute atomic E-state index is 0.231. The molecule has 1 N–H and O–H groups in total. The zero-order chi connectivity index (χ0) is 24.9. The summed E-state index contributed by atoms with van der Waals surface area (Å²) in [4.78, 5) is 35.5. The summed E-state index contributed by atoms with van der Waals surface area (Å²) in [5, 5.41) is 1.50. The number of para-hydroxylation sites is 1. The number of hydrogen-bond acceptors (Lipinski definition) is 5. The van der Waals surface area contributed by atoms with E-state index in [2.05, 4.69) is 9.98 Å². The molecule has 2 aromatic heterocycles. The fourth-order valence-corrected chi connectivity index (χ4v) is 5.73. The van der Waals surface area contributed by atoms with Crippen molar-refractivity contribution in [1.82, 2.24) is 9.55 Å². The fraction of sp³-hybridized carbons (Fsp3) is 0.222. The third kappa shape index (κ3) is 4.05. The second-order valence-electron chi connectivity index (χ2n) is 8.77. The maximum absolute atomic E-state index is 13.8. The molecule has 0 aliphatic carbocycles. The zero-order valence-electron chi connectivity index (χ0n) is 19.8. The van der Waals surface area contributed by atoms with Crippen LogP contribution in [-0.4, -0.2) is 21.6 Å². The highest BCUT2D eigenvalue weighted by Gasteiger charge is 2.34. The van der Waals surface area contributed by atoms with E-state index < -0.39 is 12.0 Å². The average Bonchev–Trinajstić information content (AvgIpc) is 3.29. The first kappa shape index (κ1) is 23.3. The quantitative estimate of drug-likeness (QED) is 0.411. The van der Waals surface area contributed by atoms with E-state index in [0.717, 1.165) is 22.2 Å². The van der Waals surface area contributed by atoms with Gasteiger partial charge in [0.05, 0.1) is 21.9 Å². The molecule has 2 aromatic carbocycles. The molecule has 0 spiro atoms. The molecule has 1 aliphatic rings. The maximum atomic E-state index is 13.8. The van der Waals surface area contributed by atoms with E-state index in [-0.39, 0.29) is 11.7 Å². The van der Waals surface area contributed by atoms with Crippen LogP contribution in [0, 0.1) is 6.92 Å². The van der Waals surface area contributed by atoms with Gasteiger partial charge in [0.15, 0.2) is 4.80 Å². The molecular weight excluding hydrogens is 482 g/mol. The summed E-state index contributed by atoms with van der Waals surface area (Å²) in [6.45, 7) is 7.33. The Morgan fingerprint density at radius 2 is 1.89 bits per heavy atom. The van der Waals surface area contributed by atoms with Crippen LogP contribution in [0.3, 0.4) is 0 Å². The van der Waals surface area contributed by atoms with Gasteiger partial charge in [-0.25, -0.2) is 9.79 Å². The van der Waals surface area contributed by atoms with Crippen molar-refractivity contribution in [2.45, 2.75) is 39.8 Å². The van der Waals surface area contributed by atoms with Gasteiger partial charge in [0.1, 0.15) is 6.04 Å². The number of aromatic amines is 1. The van der Waals surface area contributed by atoms with Gasteiger partial charge in [-0.05, 0) is 51.5 Å². The Morgan fingerprint density at radius 3 is 2.63 bits per heavy atom. The number of esters is 1. The van der Waals surface area contributed by atoms with E-state index in [1.807, 2.05) is 55.5 Å². The number of H-pyrrole nitrogens is 1. The number of carbonyl (C=O) groups excluding carboxylic acids is 1. The number of carbonyl (C=O) groups is 1. The molecule has 1 atom stereocenters. The Bertz CT molecular complexity index is 1690. The van der Waals surface area contributed by atoms with Gasteiger partial charge in [0.25, 0.3) is 5.56 Å². The Balaban J connectivity index is 1.77. The largest absolute Gasteiger partial charge is 0.459 e. The van der Waals surface area contributed by atoms with Gasteiger partial charge in [0, 0.05) is 27.2 Å². The van der Waals surface area contributed by atoms with Gasteiger partial charge < -0.3 is 9.72 Å². The number of aryl methyl sites for hydroxylation is 1. The summed E-state index contributed by atoms with van der Waals surface area (Å²) in [6, 6.07) is 14.5. The number of thiazole rings is 1. The van der Waals surface area contributed by atoms with Gasteiger partial charge in [0.2, 0.25) is 0 Å². The minimum Gasteiger partial charge on any atom is -0.459 e. The van der Waals surface area contributed by atoms with Gasteiger partial charge in [-0.15, -0.1) is 0 Å². The van der Waals surface area contributed by atoms with Crippen LogP contribution in [-0.2, 0) is 9.53 Å². The Morgan fingerprint density at radius 1 is 1.17 bits per heavy atom. The topological polar surface area (TPSA) is 76.5 Å². The minimum atomic E-state index is -0.739. The fourth-order valence-electron chi connectivity index (χ4n) is 4.47. The van der Waals surface area contributed by atoms with Crippen molar-refractivity contribution >= 4 is 45.9 Å². The number of nitrogens with one attached hydrogen (secondary N) is 1. The lowest BCUT2D eigenvalue weighted by atomic mass is 9.96. The molecule has 35 heavy (non-hydrogen) atoms. The summed E-state index contributed by atoms with van der Waals surface area (Å²) in [6.07, 6.45) is 1.58. The number of ether oxygens (including phenoxy) is 1. The van der Waals surface area contributed by atoms with E-state index in [1.54, 1.807) is 31.4 Å². The first-order valence-corrected chi connectivity index (χ1v) is 12.5. The van der Waals surface area contributed by atoms with Gasteiger partial charge in [-0.2, -0.15) is 0 Å². The Hall–Kier alpha value is -3.42. The molecule has 0 saturated heterocycles. The molecule has 1 unspecified atom stereocenters. The van der Waals surface area contributed by atoms with Crippen molar-refractivity contribution in [1.29, 1.82) is 0 Å². The normalized spacial score (nSPS) is 16.1. The van der Waals surface area contributed by atoms with Crippen LogP contribution >= 0.6 is 22.9 Å². The lowest BCUT2D eigenvalue weighted by molar-refractivity contribution is -0.143. The van der Waals surface area contributed by atoms with E-state index in [9.17, 15) is 9.59 Å². The molecule has 6 nitrogen and oxygen atoms in total.